The van der Waals surface area contributed by atoms with E-state index in [4.69, 9.17) is 4.99 Å². The Balaban J connectivity index is 0.00000363. The van der Waals surface area contributed by atoms with E-state index < -0.39 is 0 Å². The first-order valence-corrected chi connectivity index (χ1v) is 11.1. The number of para-hydroxylation sites is 1. The minimum absolute atomic E-state index is 0. The van der Waals surface area contributed by atoms with E-state index in [2.05, 4.69) is 59.2 Å². The highest BCUT2D eigenvalue weighted by atomic mass is 127. The number of rotatable bonds is 9. The molecule has 1 aromatic heterocycles. The molecule has 1 unspecified atom stereocenters. The first-order chi connectivity index (χ1) is 15.1. The first-order valence-electron chi connectivity index (χ1n) is 11.1. The Hall–Kier alpha value is -2.55. The third kappa shape index (κ3) is 7.25. The number of hydrogen-bond acceptors (Lipinski definition) is 2. The van der Waals surface area contributed by atoms with E-state index in [0.29, 0.717) is 12.1 Å². The number of halogens is 1. The Morgan fingerprint density at radius 2 is 1.91 bits per heavy atom. The predicted molar refractivity (Wildman–Crippen MR) is 144 cm³/mol. The van der Waals surface area contributed by atoms with Crippen LogP contribution in [0.3, 0.4) is 0 Å². The molecule has 0 saturated carbocycles. The predicted octanol–water partition coefficient (Wildman–Crippen LogP) is 4.61. The molecule has 172 valence electrons. The maximum Gasteiger partial charge on any atom is 0.251 e. The van der Waals surface area contributed by atoms with Gasteiger partial charge in [0.05, 0.1) is 6.54 Å². The molecule has 1 atom stereocenters. The van der Waals surface area contributed by atoms with Crippen molar-refractivity contribution in [3.05, 3.63) is 71.4 Å². The summed E-state index contributed by atoms with van der Waals surface area (Å²) in [7, 11) is 0. The zero-order chi connectivity index (χ0) is 22.1. The molecule has 0 aliphatic rings. The van der Waals surface area contributed by atoms with Gasteiger partial charge < -0.3 is 20.9 Å². The number of aromatic amines is 1. The van der Waals surface area contributed by atoms with Crippen molar-refractivity contribution in [2.24, 2.45) is 4.99 Å². The molecule has 0 saturated heterocycles. The fourth-order valence-electron chi connectivity index (χ4n) is 3.39. The molecule has 3 rings (SSSR count). The van der Waals surface area contributed by atoms with Crippen LogP contribution in [0.2, 0.25) is 0 Å². The summed E-state index contributed by atoms with van der Waals surface area (Å²) in [6.45, 7) is 8.20. The van der Waals surface area contributed by atoms with Gasteiger partial charge in [-0.15, -0.1) is 24.0 Å². The van der Waals surface area contributed by atoms with Crippen LogP contribution in [0.4, 0.5) is 0 Å². The number of hydrogen-bond donors (Lipinski definition) is 4. The van der Waals surface area contributed by atoms with Crippen molar-refractivity contribution >= 4 is 46.7 Å². The van der Waals surface area contributed by atoms with Crippen molar-refractivity contribution in [2.45, 2.75) is 46.2 Å². The van der Waals surface area contributed by atoms with E-state index in [9.17, 15) is 4.79 Å². The maximum atomic E-state index is 12.4. The lowest BCUT2D eigenvalue weighted by atomic mass is 10.1. The molecule has 0 spiro atoms. The van der Waals surface area contributed by atoms with Gasteiger partial charge in [-0.1, -0.05) is 37.3 Å². The standard InChI is InChI=1S/C25H33N5O.HI/c1-4-18(3)30-24(31)20-10-8-9-19(15-20)16-29-25(26-5-2)27-14-13-21-17-28-23-12-7-6-11-22(21)23;/h6-12,15,17-18,28H,4-5,13-14,16H2,1-3H3,(H,30,31)(H2,26,27,29);1H. The lowest BCUT2D eigenvalue weighted by molar-refractivity contribution is 0.0939. The van der Waals surface area contributed by atoms with E-state index in [-0.39, 0.29) is 35.9 Å². The van der Waals surface area contributed by atoms with E-state index in [1.807, 2.05) is 37.3 Å². The van der Waals surface area contributed by atoms with Gasteiger partial charge in [0.1, 0.15) is 0 Å². The van der Waals surface area contributed by atoms with Crippen LogP contribution < -0.4 is 16.0 Å². The topological polar surface area (TPSA) is 81.3 Å². The van der Waals surface area contributed by atoms with Crippen LogP contribution in [0.15, 0.2) is 59.7 Å². The molecule has 4 N–H and O–H groups in total. The van der Waals surface area contributed by atoms with Crippen molar-refractivity contribution in [3.8, 4) is 0 Å². The first kappa shape index (κ1) is 25.7. The van der Waals surface area contributed by atoms with Gasteiger partial charge in [0.2, 0.25) is 0 Å². The van der Waals surface area contributed by atoms with Crippen molar-refractivity contribution < 1.29 is 4.79 Å². The number of guanidine groups is 1. The highest BCUT2D eigenvalue weighted by Gasteiger charge is 2.09. The summed E-state index contributed by atoms with van der Waals surface area (Å²) in [5, 5.41) is 11.0. The fourth-order valence-corrected chi connectivity index (χ4v) is 3.39. The van der Waals surface area contributed by atoms with Crippen LogP contribution in [0, 0.1) is 0 Å². The Morgan fingerprint density at radius 1 is 1.09 bits per heavy atom. The second-order valence-electron chi connectivity index (χ2n) is 7.71. The molecule has 0 aliphatic carbocycles. The van der Waals surface area contributed by atoms with Crippen LogP contribution in [0.1, 0.15) is 48.7 Å². The zero-order valence-corrected chi connectivity index (χ0v) is 21.4. The molecule has 1 heterocycles. The van der Waals surface area contributed by atoms with Crippen molar-refractivity contribution in [1.29, 1.82) is 0 Å². The Bertz CT molecular complexity index is 1030. The number of nitrogens with zero attached hydrogens (tertiary/aromatic N) is 1. The smallest absolute Gasteiger partial charge is 0.251 e. The highest BCUT2D eigenvalue weighted by Crippen LogP contribution is 2.17. The largest absolute Gasteiger partial charge is 0.361 e. The summed E-state index contributed by atoms with van der Waals surface area (Å²) in [5.74, 6) is 0.737. The van der Waals surface area contributed by atoms with Gasteiger partial charge in [-0.25, -0.2) is 4.99 Å². The summed E-state index contributed by atoms with van der Waals surface area (Å²) in [6, 6.07) is 16.2. The van der Waals surface area contributed by atoms with Gasteiger partial charge >= 0.3 is 0 Å². The third-order valence-corrected chi connectivity index (χ3v) is 5.30. The van der Waals surface area contributed by atoms with E-state index in [1.54, 1.807) is 0 Å². The second-order valence-corrected chi connectivity index (χ2v) is 7.71. The number of fused-ring (bicyclic) bond motifs is 1. The van der Waals surface area contributed by atoms with Gasteiger partial charge in [-0.3, -0.25) is 4.79 Å². The molecular weight excluding hydrogens is 513 g/mol. The summed E-state index contributed by atoms with van der Waals surface area (Å²) in [5.41, 5.74) is 4.13. The molecule has 1 amide bonds. The van der Waals surface area contributed by atoms with Crippen LogP contribution in [0.25, 0.3) is 10.9 Å². The van der Waals surface area contributed by atoms with Crippen molar-refractivity contribution in [1.82, 2.24) is 20.9 Å². The normalized spacial score (nSPS) is 12.2. The van der Waals surface area contributed by atoms with Gasteiger partial charge in [-0.2, -0.15) is 0 Å². The molecule has 0 radical (unpaired) electrons. The van der Waals surface area contributed by atoms with Crippen molar-refractivity contribution in [2.75, 3.05) is 13.1 Å². The highest BCUT2D eigenvalue weighted by molar-refractivity contribution is 14.0. The van der Waals surface area contributed by atoms with Crippen LogP contribution in [-0.4, -0.2) is 36.0 Å². The van der Waals surface area contributed by atoms with Gasteiger partial charge in [0, 0.05) is 41.8 Å². The second kappa shape index (κ2) is 13.1. The number of carbonyl (C=O) groups excluding carboxylic acids is 1. The lowest BCUT2D eigenvalue weighted by Crippen LogP contribution is -2.38. The summed E-state index contributed by atoms with van der Waals surface area (Å²) < 4.78 is 0. The number of H-pyrrole nitrogens is 1. The molecule has 0 aliphatic heterocycles. The number of carbonyl (C=O) groups is 1. The quantitative estimate of drug-likeness (QED) is 0.180. The molecule has 32 heavy (non-hydrogen) atoms. The maximum absolute atomic E-state index is 12.4. The van der Waals surface area contributed by atoms with E-state index >= 15 is 0 Å². The Labute approximate surface area is 207 Å². The molecule has 3 aromatic rings. The molecule has 2 aromatic carbocycles. The monoisotopic (exact) mass is 547 g/mol. The molecule has 0 fully saturated rings. The van der Waals surface area contributed by atoms with Gasteiger partial charge in [0.25, 0.3) is 5.91 Å². The summed E-state index contributed by atoms with van der Waals surface area (Å²) in [4.78, 5) is 20.4. The number of benzene rings is 2. The SMILES string of the molecule is CCNC(=NCc1cccc(C(=O)NC(C)CC)c1)NCCc1c[nH]c2ccccc12.I. The Morgan fingerprint density at radius 3 is 2.69 bits per heavy atom. The van der Waals surface area contributed by atoms with Gasteiger partial charge in [0.15, 0.2) is 5.96 Å². The van der Waals surface area contributed by atoms with Crippen LogP contribution >= 0.6 is 24.0 Å². The number of aliphatic imine (C=N–C) groups is 1. The average Bonchev–Trinajstić information content (AvgIpc) is 3.20. The molecule has 6 nitrogen and oxygen atoms in total. The van der Waals surface area contributed by atoms with Gasteiger partial charge in [-0.05, 0) is 56.0 Å². The van der Waals surface area contributed by atoms with Crippen molar-refractivity contribution in [3.63, 3.8) is 0 Å². The minimum atomic E-state index is -0.0380. The third-order valence-electron chi connectivity index (χ3n) is 5.30. The van der Waals surface area contributed by atoms with Crippen LogP contribution in [0.5, 0.6) is 0 Å². The number of aromatic nitrogens is 1. The summed E-state index contributed by atoms with van der Waals surface area (Å²) >= 11 is 0. The average molecular weight is 547 g/mol. The fraction of sp³-hybridized carbons (Fsp3) is 0.360. The zero-order valence-electron chi connectivity index (χ0n) is 19.1. The molecule has 7 heteroatoms. The summed E-state index contributed by atoms with van der Waals surface area (Å²) in [6.07, 6.45) is 3.89. The lowest BCUT2D eigenvalue weighted by Gasteiger charge is -2.12. The molecule has 0 bridgehead atoms. The van der Waals surface area contributed by atoms with E-state index in [0.717, 1.165) is 43.0 Å². The minimum Gasteiger partial charge on any atom is -0.361 e. The molecular formula is C25H34IN5O. The number of nitrogens with one attached hydrogen (secondary N) is 4. The number of amides is 1. The Kier molecular flexibility index (Phi) is 10.5. The van der Waals surface area contributed by atoms with E-state index in [1.165, 1.54) is 10.9 Å². The van der Waals surface area contributed by atoms with Crippen LogP contribution in [-0.2, 0) is 13.0 Å².